The van der Waals surface area contributed by atoms with Crippen LogP contribution in [0.5, 0.6) is 0 Å². The molecule has 0 radical (unpaired) electrons. The van der Waals surface area contributed by atoms with Gasteiger partial charge < -0.3 is 15.4 Å². The molecule has 3 N–H and O–H groups in total. The maximum atomic E-state index is 12.1. The average Bonchev–Trinajstić information content (AvgIpc) is 2.99. The zero-order valence-corrected chi connectivity index (χ0v) is 10.9. The number of amides is 1. The number of nitrogens with zero attached hydrogens (tertiary/aromatic N) is 1. The Morgan fingerprint density at radius 2 is 2.37 bits per heavy atom. The summed E-state index contributed by atoms with van der Waals surface area (Å²) < 4.78 is 0. The second kappa shape index (κ2) is 5.86. The molecule has 0 bridgehead atoms. The van der Waals surface area contributed by atoms with E-state index in [1.165, 1.54) is 6.33 Å². The molecule has 3 atom stereocenters. The molecule has 0 aromatic carbocycles. The third kappa shape index (κ3) is 3.33. The van der Waals surface area contributed by atoms with E-state index >= 15 is 0 Å². The molecule has 0 spiro atoms. The Morgan fingerprint density at radius 1 is 1.58 bits per heavy atom. The summed E-state index contributed by atoms with van der Waals surface area (Å²) in [4.78, 5) is 30.0. The summed E-state index contributed by atoms with van der Waals surface area (Å²) in [6.07, 6.45) is 6.22. The predicted octanol–water partition coefficient (Wildman–Crippen LogP) is 0.958. The van der Waals surface area contributed by atoms with Gasteiger partial charge in [-0.15, -0.1) is 0 Å². The highest BCUT2D eigenvalue weighted by atomic mass is 16.4. The van der Waals surface area contributed by atoms with Crippen LogP contribution in [0.4, 0.5) is 0 Å². The Bertz CT molecular complexity index is 444. The second-order valence-corrected chi connectivity index (χ2v) is 5.20. The van der Waals surface area contributed by atoms with E-state index in [-0.39, 0.29) is 18.2 Å². The Morgan fingerprint density at radius 3 is 2.89 bits per heavy atom. The van der Waals surface area contributed by atoms with Crippen molar-refractivity contribution in [2.24, 2.45) is 11.8 Å². The zero-order valence-electron chi connectivity index (χ0n) is 10.9. The summed E-state index contributed by atoms with van der Waals surface area (Å²) in [7, 11) is 0. The topological polar surface area (TPSA) is 95.1 Å². The van der Waals surface area contributed by atoms with Gasteiger partial charge in [-0.05, 0) is 18.8 Å². The standard InChI is InChI=1S/C13H19N3O3/c1-8-3-2-4-10(8)12(17)16-11(13(18)19)5-9-6-14-7-15-9/h6-8,10-11H,2-5H2,1H3,(H,14,15)(H,16,17)(H,18,19). The first-order valence-corrected chi connectivity index (χ1v) is 6.58. The molecular formula is C13H19N3O3. The number of nitrogens with one attached hydrogen (secondary N) is 2. The van der Waals surface area contributed by atoms with E-state index in [1.54, 1.807) is 6.20 Å². The summed E-state index contributed by atoms with van der Waals surface area (Å²) in [6, 6.07) is -0.902. The third-order valence-electron chi connectivity index (χ3n) is 3.79. The SMILES string of the molecule is CC1CCCC1C(=O)NC(Cc1cnc[nH]1)C(=O)O. The lowest BCUT2D eigenvalue weighted by Gasteiger charge is -2.19. The largest absolute Gasteiger partial charge is 0.480 e. The lowest BCUT2D eigenvalue weighted by Crippen LogP contribution is -2.45. The summed E-state index contributed by atoms with van der Waals surface area (Å²) in [5.74, 6) is -0.879. The van der Waals surface area contributed by atoms with Gasteiger partial charge in [0.15, 0.2) is 0 Å². The van der Waals surface area contributed by atoms with E-state index in [1.807, 2.05) is 6.92 Å². The third-order valence-corrected chi connectivity index (χ3v) is 3.79. The van der Waals surface area contributed by atoms with Gasteiger partial charge in [-0.1, -0.05) is 13.3 Å². The van der Waals surface area contributed by atoms with E-state index in [0.29, 0.717) is 11.6 Å². The number of hydrogen-bond acceptors (Lipinski definition) is 3. The van der Waals surface area contributed by atoms with Crippen molar-refractivity contribution in [3.05, 3.63) is 18.2 Å². The van der Waals surface area contributed by atoms with E-state index < -0.39 is 12.0 Å². The van der Waals surface area contributed by atoms with Gasteiger partial charge in [0.05, 0.1) is 6.33 Å². The Labute approximate surface area is 111 Å². The number of aromatic amines is 1. The number of carbonyl (C=O) groups is 2. The number of imidazole rings is 1. The molecule has 1 aromatic rings. The smallest absolute Gasteiger partial charge is 0.326 e. The molecule has 6 heteroatoms. The first-order chi connectivity index (χ1) is 9.08. The molecule has 0 aliphatic heterocycles. The maximum absolute atomic E-state index is 12.1. The average molecular weight is 265 g/mol. The normalized spacial score (nSPS) is 24.1. The number of rotatable bonds is 5. The molecule has 6 nitrogen and oxygen atoms in total. The van der Waals surface area contributed by atoms with Crippen molar-refractivity contribution < 1.29 is 14.7 Å². The molecule has 2 rings (SSSR count). The fourth-order valence-electron chi connectivity index (χ4n) is 2.63. The van der Waals surface area contributed by atoms with Crippen LogP contribution in [-0.4, -0.2) is 33.0 Å². The molecule has 1 amide bonds. The van der Waals surface area contributed by atoms with E-state index in [9.17, 15) is 14.7 Å². The summed E-state index contributed by atoms with van der Waals surface area (Å²) >= 11 is 0. The number of hydrogen-bond donors (Lipinski definition) is 3. The number of aromatic nitrogens is 2. The van der Waals surface area contributed by atoms with Crippen molar-refractivity contribution in [1.29, 1.82) is 0 Å². The van der Waals surface area contributed by atoms with Crippen molar-refractivity contribution >= 4 is 11.9 Å². The van der Waals surface area contributed by atoms with Crippen molar-refractivity contribution in [1.82, 2.24) is 15.3 Å². The number of aliphatic carboxylic acids is 1. The van der Waals surface area contributed by atoms with Crippen molar-refractivity contribution in [2.45, 2.75) is 38.6 Å². The fourth-order valence-corrected chi connectivity index (χ4v) is 2.63. The second-order valence-electron chi connectivity index (χ2n) is 5.20. The quantitative estimate of drug-likeness (QED) is 0.739. The van der Waals surface area contributed by atoms with E-state index in [2.05, 4.69) is 15.3 Å². The zero-order chi connectivity index (χ0) is 13.8. The molecule has 1 fully saturated rings. The highest BCUT2D eigenvalue weighted by Crippen LogP contribution is 2.31. The van der Waals surface area contributed by atoms with E-state index in [0.717, 1.165) is 19.3 Å². The first-order valence-electron chi connectivity index (χ1n) is 6.58. The van der Waals surface area contributed by atoms with Crippen molar-refractivity contribution in [3.63, 3.8) is 0 Å². The van der Waals surface area contributed by atoms with Crippen LogP contribution in [0.25, 0.3) is 0 Å². The minimum atomic E-state index is -1.02. The van der Waals surface area contributed by atoms with Gasteiger partial charge in [-0.2, -0.15) is 0 Å². The van der Waals surface area contributed by atoms with Crippen LogP contribution in [0.1, 0.15) is 31.9 Å². The van der Waals surface area contributed by atoms with Crippen molar-refractivity contribution in [3.8, 4) is 0 Å². The molecule has 19 heavy (non-hydrogen) atoms. The molecule has 1 heterocycles. The van der Waals surface area contributed by atoms with Gasteiger partial charge in [0.25, 0.3) is 0 Å². The van der Waals surface area contributed by atoms with Crippen molar-refractivity contribution in [2.75, 3.05) is 0 Å². The summed E-state index contributed by atoms with van der Waals surface area (Å²) in [6.45, 7) is 2.04. The van der Waals surface area contributed by atoms with Crippen LogP contribution in [0.3, 0.4) is 0 Å². The molecule has 0 saturated heterocycles. The lowest BCUT2D eigenvalue weighted by atomic mass is 9.96. The van der Waals surface area contributed by atoms with Crippen LogP contribution < -0.4 is 5.32 Å². The molecule has 1 aliphatic carbocycles. The number of carboxylic acid groups (broad SMARTS) is 1. The van der Waals surface area contributed by atoms with Gasteiger partial charge >= 0.3 is 5.97 Å². The van der Waals surface area contributed by atoms with Gasteiger partial charge in [-0.3, -0.25) is 4.79 Å². The fraction of sp³-hybridized carbons (Fsp3) is 0.615. The minimum Gasteiger partial charge on any atom is -0.480 e. The summed E-state index contributed by atoms with van der Waals surface area (Å²) in [5, 5.41) is 11.8. The highest BCUT2D eigenvalue weighted by Gasteiger charge is 2.32. The molecule has 1 saturated carbocycles. The van der Waals surface area contributed by atoms with Crippen LogP contribution >= 0.6 is 0 Å². The van der Waals surface area contributed by atoms with Crippen LogP contribution in [0.15, 0.2) is 12.5 Å². The minimum absolute atomic E-state index is 0.0522. The van der Waals surface area contributed by atoms with Gasteiger partial charge in [0.2, 0.25) is 5.91 Å². The highest BCUT2D eigenvalue weighted by molar-refractivity contribution is 5.85. The van der Waals surface area contributed by atoms with Gasteiger partial charge in [-0.25, -0.2) is 9.78 Å². The predicted molar refractivity (Wildman–Crippen MR) is 68.4 cm³/mol. The Hall–Kier alpha value is -1.85. The Balaban J connectivity index is 1.96. The van der Waals surface area contributed by atoms with Crippen LogP contribution in [0.2, 0.25) is 0 Å². The molecule has 3 unspecified atom stereocenters. The van der Waals surface area contributed by atoms with E-state index in [4.69, 9.17) is 0 Å². The molecule has 1 aromatic heterocycles. The molecule has 1 aliphatic rings. The van der Waals surface area contributed by atoms with Crippen LogP contribution in [0, 0.1) is 11.8 Å². The first kappa shape index (κ1) is 13.6. The number of carboxylic acids is 1. The van der Waals surface area contributed by atoms with Gasteiger partial charge in [0, 0.05) is 24.2 Å². The number of H-pyrrole nitrogens is 1. The lowest BCUT2D eigenvalue weighted by molar-refractivity contribution is -0.142. The number of carbonyl (C=O) groups excluding carboxylic acids is 1. The van der Waals surface area contributed by atoms with Gasteiger partial charge in [0.1, 0.15) is 6.04 Å². The monoisotopic (exact) mass is 265 g/mol. The molecule has 104 valence electrons. The summed E-state index contributed by atoms with van der Waals surface area (Å²) in [5.41, 5.74) is 0.701. The molecular weight excluding hydrogens is 246 g/mol. The maximum Gasteiger partial charge on any atom is 0.326 e. The Kier molecular flexibility index (Phi) is 4.19. The van der Waals surface area contributed by atoms with Crippen LogP contribution in [-0.2, 0) is 16.0 Å².